The van der Waals surface area contributed by atoms with E-state index < -0.39 is 0 Å². The highest BCUT2D eigenvalue weighted by atomic mass is 35.5. The van der Waals surface area contributed by atoms with Crippen molar-refractivity contribution in [3.05, 3.63) is 70.4 Å². The van der Waals surface area contributed by atoms with Crippen molar-refractivity contribution in [2.24, 2.45) is 0 Å². The minimum absolute atomic E-state index is 0.108. The van der Waals surface area contributed by atoms with Crippen molar-refractivity contribution in [3.8, 4) is 0 Å². The molecule has 3 aromatic rings. The Morgan fingerprint density at radius 1 is 1.20 bits per heavy atom. The van der Waals surface area contributed by atoms with E-state index in [4.69, 9.17) is 16.3 Å². The molecule has 4 rings (SSSR count). The summed E-state index contributed by atoms with van der Waals surface area (Å²) in [7, 11) is 0. The number of rotatable bonds is 3. The second kappa shape index (κ2) is 6.54. The zero-order valence-electron chi connectivity index (χ0n) is 13.9. The maximum atomic E-state index is 12.4. The van der Waals surface area contributed by atoms with Gasteiger partial charge < -0.3 is 9.72 Å². The standard InChI is InChI=1S/C20H19ClN2O2/c1-2-25-20(24)17-11-15-14-5-3-4-6-16(14)22-19(15)18(23-17)12-7-9-13(21)10-8-12/h3-10,17-18,22-23H,2,11H2,1H3. The average Bonchev–Trinajstić information content (AvgIpc) is 3.00. The van der Waals surface area contributed by atoms with E-state index in [9.17, 15) is 4.79 Å². The summed E-state index contributed by atoms with van der Waals surface area (Å²) in [6, 6.07) is 15.4. The summed E-state index contributed by atoms with van der Waals surface area (Å²) in [6.07, 6.45) is 0.613. The van der Waals surface area contributed by atoms with E-state index in [1.54, 1.807) is 0 Å². The fourth-order valence-corrected chi connectivity index (χ4v) is 3.67. The summed E-state index contributed by atoms with van der Waals surface area (Å²) in [5.74, 6) is -0.211. The lowest BCUT2D eigenvalue weighted by molar-refractivity contribution is -0.146. The van der Waals surface area contributed by atoms with Crippen molar-refractivity contribution in [3.63, 3.8) is 0 Å². The van der Waals surface area contributed by atoms with Crippen LogP contribution in [0.4, 0.5) is 0 Å². The lowest BCUT2D eigenvalue weighted by atomic mass is 9.90. The van der Waals surface area contributed by atoms with Gasteiger partial charge in [-0.1, -0.05) is 41.9 Å². The lowest BCUT2D eigenvalue weighted by Crippen LogP contribution is -2.45. The molecule has 2 heterocycles. The Balaban J connectivity index is 1.82. The number of fused-ring (bicyclic) bond motifs is 3. The van der Waals surface area contributed by atoms with Crippen molar-refractivity contribution in [2.75, 3.05) is 6.61 Å². The number of aromatic amines is 1. The second-order valence-corrected chi connectivity index (χ2v) is 6.66. The number of para-hydroxylation sites is 1. The maximum Gasteiger partial charge on any atom is 0.323 e. The van der Waals surface area contributed by atoms with Gasteiger partial charge in [0, 0.05) is 28.0 Å². The zero-order chi connectivity index (χ0) is 17.4. The van der Waals surface area contributed by atoms with Gasteiger partial charge in [0.05, 0.1) is 12.6 Å². The van der Waals surface area contributed by atoms with Crippen molar-refractivity contribution >= 4 is 28.5 Å². The topological polar surface area (TPSA) is 54.1 Å². The van der Waals surface area contributed by atoms with Gasteiger partial charge in [-0.15, -0.1) is 0 Å². The molecule has 2 aromatic carbocycles. The Kier molecular flexibility index (Phi) is 4.24. The molecular weight excluding hydrogens is 336 g/mol. The van der Waals surface area contributed by atoms with Crippen molar-refractivity contribution in [1.82, 2.24) is 10.3 Å². The summed E-state index contributed by atoms with van der Waals surface area (Å²) in [5, 5.41) is 5.29. The van der Waals surface area contributed by atoms with Crippen LogP contribution in [0.5, 0.6) is 0 Å². The largest absolute Gasteiger partial charge is 0.465 e. The molecule has 0 radical (unpaired) electrons. The van der Waals surface area contributed by atoms with Crippen LogP contribution in [0.15, 0.2) is 48.5 Å². The minimum atomic E-state index is -0.368. The second-order valence-electron chi connectivity index (χ2n) is 6.22. The Bertz CT molecular complexity index is 917. The van der Waals surface area contributed by atoms with E-state index >= 15 is 0 Å². The van der Waals surface area contributed by atoms with E-state index in [2.05, 4.69) is 22.4 Å². The van der Waals surface area contributed by atoms with Gasteiger partial charge in [0.25, 0.3) is 0 Å². The van der Waals surface area contributed by atoms with Crippen LogP contribution < -0.4 is 5.32 Å². The highest BCUT2D eigenvalue weighted by Gasteiger charge is 2.34. The van der Waals surface area contributed by atoms with Gasteiger partial charge in [0.15, 0.2) is 0 Å². The van der Waals surface area contributed by atoms with Crippen LogP contribution >= 0.6 is 11.6 Å². The summed E-state index contributed by atoms with van der Waals surface area (Å²) in [4.78, 5) is 15.9. The number of halogens is 1. The molecular formula is C20H19ClN2O2. The van der Waals surface area contributed by atoms with E-state index in [1.165, 1.54) is 5.56 Å². The molecule has 2 atom stereocenters. The van der Waals surface area contributed by atoms with Crippen LogP contribution in [0, 0.1) is 0 Å². The normalized spacial score (nSPS) is 19.6. The molecule has 0 saturated heterocycles. The first-order valence-electron chi connectivity index (χ1n) is 8.45. The molecule has 25 heavy (non-hydrogen) atoms. The van der Waals surface area contributed by atoms with Crippen LogP contribution in [0.1, 0.15) is 29.8 Å². The summed E-state index contributed by atoms with van der Waals surface area (Å²) in [5.41, 5.74) is 4.42. The number of carbonyl (C=O) groups excluding carboxylic acids is 1. The van der Waals surface area contributed by atoms with Gasteiger partial charge >= 0.3 is 5.97 Å². The highest BCUT2D eigenvalue weighted by molar-refractivity contribution is 6.30. The third-order valence-corrected chi connectivity index (χ3v) is 4.94. The third-order valence-electron chi connectivity index (χ3n) is 4.69. The van der Waals surface area contributed by atoms with Crippen LogP contribution in [-0.4, -0.2) is 23.6 Å². The number of nitrogens with one attached hydrogen (secondary N) is 2. The maximum absolute atomic E-state index is 12.4. The molecule has 5 heteroatoms. The van der Waals surface area contributed by atoms with Gasteiger partial charge in [-0.05, 0) is 36.2 Å². The smallest absolute Gasteiger partial charge is 0.323 e. The number of ether oxygens (including phenoxy) is 1. The zero-order valence-corrected chi connectivity index (χ0v) is 14.6. The average molecular weight is 355 g/mol. The number of hydrogen-bond acceptors (Lipinski definition) is 3. The van der Waals surface area contributed by atoms with E-state index in [0.717, 1.165) is 22.2 Å². The van der Waals surface area contributed by atoms with Crippen LogP contribution in [0.2, 0.25) is 5.02 Å². The molecule has 0 aliphatic carbocycles. The molecule has 0 saturated carbocycles. The van der Waals surface area contributed by atoms with Crippen LogP contribution in [-0.2, 0) is 16.0 Å². The number of H-pyrrole nitrogens is 1. The van der Waals surface area contributed by atoms with Crippen molar-refractivity contribution in [1.29, 1.82) is 0 Å². The first-order valence-corrected chi connectivity index (χ1v) is 8.82. The summed E-state index contributed by atoms with van der Waals surface area (Å²) in [6.45, 7) is 2.21. The number of benzene rings is 2. The molecule has 0 spiro atoms. The molecule has 2 unspecified atom stereocenters. The number of hydrogen-bond donors (Lipinski definition) is 2. The Hall–Kier alpha value is -2.30. The first kappa shape index (κ1) is 16.2. The highest BCUT2D eigenvalue weighted by Crippen LogP contribution is 2.35. The third kappa shape index (κ3) is 2.92. The number of aromatic nitrogens is 1. The predicted molar refractivity (Wildman–Crippen MR) is 98.9 cm³/mol. The molecule has 0 bridgehead atoms. The van der Waals surface area contributed by atoms with E-state index in [-0.39, 0.29) is 18.1 Å². The molecule has 4 nitrogen and oxygen atoms in total. The van der Waals surface area contributed by atoms with Crippen molar-refractivity contribution in [2.45, 2.75) is 25.4 Å². The van der Waals surface area contributed by atoms with Crippen LogP contribution in [0.25, 0.3) is 10.9 Å². The SMILES string of the molecule is CCOC(=O)C1Cc2c([nH]c3ccccc23)C(c2ccc(Cl)cc2)N1. The van der Waals surface area contributed by atoms with E-state index in [0.29, 0.717) is 18.1 Å². The molecule has 0 fully saturated rings. The van der Waals surface area contributed by atoms with E-state index in [1.807, 2.05) is 43.3 Å². The van der Waals surface area contributed by atoms with Crippen LogP contribution in [0.3, 0.4) is 0 Å². The Morgan fingerprint density at radius 2 is 1.96 bits per heavy atom. The summed E-state index contributed by atoms with van der Waals surface area (Å²) < 4.78 is 5.26. The van der Waals surface area contributed by atoms with Gasteiger partial charge in [0.2, 0.25) is 0 Å². The molecule has 2 N–H and O–H groups in total. The van der Waals surface area contributed by atoms with Gasteiger partial charge in [-0.3, -0.25) is 10.1 Å². The molecule has 1 aliphatic heterocycles. The predicted octanol–water partition coefficient (Wildman–Crippen LogP) is 3.99. The quantitative estimate of drug-likeness (QED) is 0.699. The molecule has 128 valence electrons. The monoisotopic (exact) mass is 354 g/mol. The Labute approximate surface area is 151 Å². The molecule has 1 aromatic heterocycles. The van der Waals surface area contributed by atoms with Gasteiger partial charge in [0.1, 0.15) is 6.04 Å². The molecule has 1 aliphatic rings. The van der Waals surface area contributed by atoms with Gasteiger partial charge in [-0.25, -0.2) is 0 Å². The van der Waals surface area contributed by atoms with Crippen molar-refractivity contribution < 1.29 is 9.53 Å². The number of carbonyl (C=O) groups is 1. The molecule has 0 amide bonds. The minimum Gasteiger partial charge on any atom is -0.465 e. The first-order chi connectivity index (χ1) is 12.2. The Morgan fingerprint density at radius 3 is 2.72 bits per heavy atom. The summed E-state index contributed by atoms with van der Waals surface area (Å²) >= 11 is 6.03. The number of esters is 1. The fraction of sp³-hybridized carbons (Fsp3) is 0.250. The lowest BCUT2D eigenvalue weighted by Gasteiger charge is -2.30. The fourth-order valence-electron chi connectivity index (χ4n) is 3.55. The van der Waals surface area contributed by atoms with Gasteiger partial charge in [-0.2, -0.15) is 0 Å².